The minimum atomic E-state index is -1.48. The minimum absolute atomic E-state index is 0.107. The topological polar surface area (TPSA) is 171 Å². The van der Waals surface area contributed by atoms with Crippen molar-refractivity contribution in [1.82, 2.24) is 16.0 Å². The number of nitrogens with two attached hydrogens (primary N) is 1. The van der Waals surface area contributed by atoms with Gasteiger partial charge in [-0.2, -0.15) is 12.6 Å². The molecule has 0 saturated heterocycles. The van der Waals surface area contributed by atoms with E-state index in [9.17, 15) is 19.2 Å². The number of carboxylic acid groups (broad SMARTS) is 1. The molecule has 0 spiro atoms. The number of hydrogen-bond acceptors (Lipinski definition) is 7. The van der Waals surface area contributed by atoms with Crippen LogP contribution in [0.25, 0.3) is 0 Å². The second-order valence-corrected chi connectivity index (χ2v) is 7.48. The molecular weight excluding hydrogens is 400 g/mol. The predicted octanol–water partition coefficient (Wildman–Crippen LogP) is -1.13. The number of carbonyl (C=O) groups is 4. The Balaban J connectivity index is 5.49. The molecule has 0 aliphatic rings. The van der Waals surface area contributed by atoms with Crippen molar-refractivity contribution >= 4 is 36.3 Å². The molecule has 0 aliphatic heterocycles. The summed E-state index contributed by atoms with van der Waals surface area (Å²) >= 11 is 3.98. The van der Waals surface area contributed by atoms with Crippen molar-refractivity contribution in [2.24, 2.45) is 17.6 Å². The Bertz CT molecular complexity index is 577. The van der Waals surface area contributed by atoms with Crippen LogP contribution in [0, 0.1) is 11.8 Å². The number of thiol groups is 1. The summed E-state index contributed by atoms with van der Waals surface area (Å²) in [5, 5.41) is 25.6. The Labute approximate surface area is 176 Å². The smallest absolute Gasteiger partial charge is 0.328 e. The van der Waals surface area contributed by atoms with Crippen LogP contribution in [0.3, 0.4) is 0 Å². The van der Waals surface area contributed by atoms with Crippen LogP contribution in [0.5, 0.6) is 0 Å². The van der Waals surface area contributed by atoms with E-state index in [2.05, 4.69) is 28.6 Å². The molecular formula is C18H34N4O6S. The monoisotopic (exact) mass is 434 g/mol. The van der Waals surface area contributed by atoms with Gasteiger partial charge in [0.15, 0.2) is 0 Å². The van der Waals surface area contributed by atoms with E-state index in [1.807, 2.05) is 13.8 Å². The Hall–Kier alpha value is -1.85. The predicted molar refractivity (Wildman–Crippen MR) is 111 cm³/mol. The highest BCUT2D eigenvalue weighted by Gasteiger charge is 2.34. The van der Waals surface area contributed by atoms with Crippen molar-refractivity contribution in [3.8, 4) is 0 Å². The van der Waals surface area contributed by atoms with Gasteiger partial charge in [-0.25, -0.2) is 4.79 Å². The van der Waals surface area contributed by atoms with E-state index < -0.39 is 54.5 Å². The van der Waals surface area contributed by atoms with Gasteiger partial charge in [0.1, 0.15) is 18.1 Å². The van der Waals surface area contributed by atoms with Gasteiger partial charge in [-0.05, 0) is 11.8 Å². The van der Waals surface area contributed by atoms with Gasteiger partial charge in [0.05, 0.1) is 12.6 Å². The van der Waals surface area contributed by atoms with Crippen molar-refractivity contribution in [3.05, 3.63) is 0 Å². The first-order valence-corrected chi connectivity index (χ1v) is 10.3. The number of amides is 3. The molecule has 0 aromatic heterocycles. The molecule has 0 aromatic carbocycles. The molecule has 0 heterocycles. The van der Waals surface area contributed by atoms with Gasteiger partial charge in [0, 0.05) is 5.75 Å². The van der Waals surface area contributed by atoms with E-state index in [1.54, 1.807) is 13.8 Å². The van der Waals surface area contributed by atoms with Crippen LogP contribution in [-0.4, -0.2) is 70.4 Å². The molecule has 0 bridgehead atoms. The summed E-state index contributed by atoms with van der Waals surface area (Å²) in [7, 11) is 0. The molecule has 11 heteroatoms. The van der Waals surface area contributed by atoms with Gasteiger partial charge in [0.25, 0.3) is 0 Å². The van der Waals surface area contributed by atoms with Gasteiger partial charge in [0.2, 0.25) is 17.7 Å². The van der Waals surface area contributed by atoms with Crippen molar-refractivity contribution in [3.63, 3.8) is 0 Å². The molecule has 0 radical (unpaired) electrons. The summed E-state index contributed by atoms with van der Waals surface area (Å²) in [5.74, 6) is -3.67. The number of nitrogens with one attached hydrogen (secondary N) is 3. The molecule has 0 aliphatic carbocycles. The van der Waals surface area contributed by atoms with Gasteiger partial charge < -0.3 is 31.9 Å². The quantitative estimate of drug-likeness (QED) is 0.180. The van der Waals surface area contributed by atoms with Crippen molar-refractivity contribution < 1.29 is 29.4 Å². The third-order valence-corrected chi connectivity index (χ3v) is 5.31. The lowest BCUT2D eigenvalue weighted by molar-refractivity contribution is -0.143. The average Bonchev–Trinajstić information content (AvgIpc) is 2.71. The van der Waals surface area contributed by atoms with Crippen LogP contribution in [0.2, 0.25) is 0 Å². The molecule has 29 heavy (non-hydrogen) atoms. The Kier molecular flexibility index (Phi) is 12.5. The number of aliphatic hydroxyl groups excluding tert-OH is 1. The normalized spacial score (nSPS) is 17.2. The lowest BCUT2D eigenvalue weighted by atomic mass is 9.94. The average molecular weight is 435 g/mol. The zero-order valence-electron chi connectivity index (χ0n) is 17.3. The molecule has 6 atom stereocenters. The summed E-state index contributed by atoms with van der Waals surface area (Å²) in [5.41, 5.74) is 5.66. The van der Waals surface area contributed by atoms with Crippen LogP contribution in [0.4, 0.5) is 0 Å². The number of rotatable bonds is 13. The molecule has 3 amide bonds. The lowest BCUT2D eigenvalue weighted by Crippen LogP contribution is -2.60. The number of aliphatic carboxylic acids is 1. The Morgan fingerprint density at radius 1 is 0.897 bits per heavy atom. The number of aliphatic hydroxyl groups is 1. The zero-order chi connectivity index (χ0) is 22.7. The standard InChI is InChI=1S/C18H34N4O6S/c1-5-9(3)13(16(25)20-12(7-23)18(27)28)22-17(26)14(10(4)6-2)21-15(24)11(19)8-29/h9-14,23,29H,5-8,19H2,1-4H3,(H,20,25)(H,21,24)(H,22,26)(H,27,28). The van der Waals surface area contributed by atoms with Gasteiger partial charge in [-0.1, -0.05) is 40.5 Å². The first-order valence-electron chi connectivity index (χ1n) is 9.65. The molecule has 6 unspecified atom stereocenters. The van der Waals surface area contributed by atoms with E-state index in [4.69, 9.17) is 15.9 Å². The molecule has 168 valence electrons. The fourth-order valence-corrected chi connectivity index (χ4v) is 2.60. The zero-order valence-corrected chi connectivity index (χ0v) is 18.2. The van der Waals surface area contributed by atoms with Crippen LogP contribution in [0.15, 0.2) is 0 Å². The van der Waals surface area contributed by atoms with Gasteiger partial charge in [-0.3, -0.25) is 14.4 Å². The molecule has 10 nitrogen and oxygen atoms in total. The first-order chi connectivity index (χ1) is 13.5. The molecule has 0 rings (SSSR count). The number of carboxylic acids is 1. The van der Waals surface area contributed by atoms with E-state index in [1.165, 1.54) is 0 Å². The highest BCUT2D eigenvalue weighted by Crippen LogP contribution is 2.12. The second-order valence-electron chi connectivity index (χ2n) is 7.11. The minimum Gasteiger partial charge on any atom is -0.480 e. The summed E-state index contributed by atoms with van der Waals surface area (Å²) in [4.78, 5) is 48.7. The highest BCUT2D eigenvalue weighted by atomic mass is 32.1. The van der Waals surface area contributed by atoms with E-state index in [0.29, 0.717) is 12.8 Å². The van der Waals surface area contributed by atoms with E-state index in [0.717, 1.165) is 0 Å². The van der Waals surface area contributed by atoms with Gasteiger partial charge in [-0.15, -0.1) is 0 Å². The maximum Gasteiger partial charge on any atom is 0.328 e. The Morgan fingerprint density at radius 2 is 1.31 bits per heavy atom. The summed E-state index contributed by atoms with van der Waals surface area (Å²) in [6.07, 6.45) is 1.11. The maximum absolute atomic E-state index is 12.9. The van der Waals surface area contributed by atoms with Crippen LogP contribution in [0.1, 0.15) is 40.5 Å². The number of carbonyl (C=O) groups excluding carboxylic acids is 3. The van der Waals surface area contributed by atoms with Crippen molar-refractivity contribution in [1.29, 1.82) is 0 Å². The maximum atomic E-state index is 12.9. The van der Waals surface area contributed by atoms with Crippen LogP contribution < -0.4 is 21.7 Å². The molecule has 0 fully saturated rings. The fourth-order valence-electron chi connectivity index (χ4n) is 2.44. The summed E-state index contributed by atoms with van der Waals surface area (Å²) < 4.78 is 0. The molecule has 0 saturated carbocycles. The van der Waals surface area contributed by atoms with Crippen LogP contribution in [-0.2, 0) is 19.2 Å². The molecule has 0 aromatic rings. The summed E-state index contributed by atoms with van der Waals surface area (Å²) in [6.45, 7) is 6.40. The number of hydrogen-bond donors (Lipinski definition) is 7. The third kappa shape index (κ3) is 8.58. The fraction of sp³-hybridized carbons (Fsp3) is 0.778. The first kappa shape index (κ1) is 27.1. The summed E-state index contributed by atoms with van der Waals surface area (Å²) in [6, 6.07) is -4.33. The van der Waals surface area contributed by atoms with Crippen LogP contribution >= 0.6 is 12.6 Å². The lowest BCUT2D eigenvalue weighted by Gasteiger charge is -2.29. The Morgan fingerprint density at radius 3 is 1.66 bits per heavy atom. The van der Waals surface area contributed by atoms with E-state index in [-0.39, 0.29) is 17.6 Å². The van der Waals surface area contributed by atoms with Gasteiger partial charge >= 0.3 is 5.97 Å². The van der Waals surface area contributed by atoms with E-state index >= 15 is 0 Å². The SMILES string of the molecule is CCC(C)C(NC(=O)C(N)CS)C(=O)NC(C(=O)NC(CO)C(=O)O)C(C)CC. The largest absolute Gasteiger partial charge is 0.480 e. The van der Waals surface area contributed by atoms with Crippen molar-refractivity contribution in [2.45, 2.75) is 64.7 Å². The van der Waals surface area contributed by atoms with Crippen molar-refractivity contribution in [2.75, 3.05) is 12.4 Å². The highest BCUT2D eigenvalue weighted by molar-refractivity contribution is 7.80. The molecule has 7 N–H and O–H groups in total. The second kappa shape index (κ2) is 13.4. The third-order valence-electron chi connectivity index (χ3n) is 4.92.